The number of hydrogen-bond acceptors (Lipinski definition) is 4. The number of benzene rings is 2. The van der Waals surface area contributed by atoms with Gasteiger partial charge in [0.15, 0.2) is 0 Å². The summed E-state index contributed by atoms with van der Waals surface area (Å²) >= 11 is 0. The molecule has 0 bridgehead atoms. The highest BCUT2D eigenvalue weighted by atomic mass is 16.5. The Hall–Kier alpha value is -2.69. The van der Waals surface area contributed by atoms with Gasteiger partial charge in [0.25, 0.3) is 0 Å². The summed E-state index contributed by atoms with van der Waals surface area (Å²) in [5.41, 5.74) is 1.55. The molecule has 0 fully saturated rings. The van der Waals surface area contributed by atoms with Crippen molar-refractivity contribution in [2.75, 3.05) is 23.8 Å². The topological polar surface area (TPSA) is 59.6 Å². The molecular weight excluding hydrogens is 340 g/mol. The molecule has 0 saturated carbocycles. The largest absolute Gasteiger partial charge is 0.491 e. The van der Waals surface area contributed by atoms with E-state index in [2.05, 4.69) is 31.4 Å². The van der Waals surface area contributed by atoms with Crippen LogP contribution in [0.4, 0.5) is 11.4 Å². The van der Waals surface area contributed by atoms with Crippen LogP contribution in [-0.2, 0) is 4.79 Å². The standard InChI is InChI=1S/C22H30N2O3/c1-5-17(4)27-19-12-10-18(11-13-19)24-22(25)14-23-20-8-6-7-9-21(20)26-15-16(2)3/h6-13,16-17,23H,5,14-15H2,1-4H3,(H,24,25). The molecule has 1 atom stereocenters. The lowest BCUT2D eigenvalue weighted by Crippen LogP contribution is -2.22. The maximum atomic E-state index is 12.2. The van der Waals surface area contributed by atoms with E-state index in [9.17, 15) is 4.79 Å². The highest BCUT2D eigenvalue weighted by Crippen LogP contribution is 2.24. The zero-order chi connectivity index (χ0) is 19.6. The van der Waals surface area contributed by atoms with Gasteiger partial charge in [-0.05, 0) is 55.7 Å². The van der Waals surface area contributed by atoms with Crippen LogP contribution in [0.5, 0.6) is 11.5 Å². The maximum absolute atomic E-state index is 12.2. The summed E-state index contributed by atoms with van der Waals surface area (Å²) in [6.45, 7) is 9.11. The van der Waals surface area contributed by atoms with Crippen LogP contribution in [0, 0.1) is 5.92 Å². The Morgan fingerprint density at radius 3 is 2.41 bits per heavy atom. The molecule has 0 spiro atoms. The van der Waals surface area contributed by atoms with Gasteiger partial charge in [-0.2, -0.15) is 0 Å². The van der Waals surface area contributed by atoms with Crippen molar-refractivity contribution in [1.29, 1.82) is 0 Å². The smallest absolute Gasteiger partial charge is 0.243 e. The lowest BCUT2D eigenvalue weighted by atomic mass is 10.2. The Morgan fingerprint density at radius 2 is 1.74 bits per heavy atom. The average Bonchev–Trinajstić information content (AvgIpc) is 2.66. The van der Waals surface area contributed by atoms with Crippen LogP contribution in [0.1, 0.15) is 34.1 Å². The normalized spacial score (nSPS) is 11.7. The van der Waals surface area contributed by atoms with Crippen molar-refractivity contribution in [3.05, 3.63) is 48.5 Å². The molecule has 5 heteroatoms. The van der Waals surface area contributed by atoms with Crippen molar-refractivity contribution in [3.63, 3.8) is 0 Å². The number of anilines is 2. The molecule has 0 aliphatic heterocycles. The molecule has 5 nitrogen and oxygen atoms in total. The molecule has 0 heterocycles. The van der Waals surface area contributed by atoms with Gasteiger partial charge in [-0.1, -0.05) is 32.9 Å². The van der Waals surface area contributed by atoms with Crippen molar-refractivity contribution < 1.29 is 14.3 Å². The van der Waals surface area contributed by atoms with Crippen molar-refractivity contribution in [2.24, 2.45) is 5.92 Å². The van der Waals surface area contributed by atoms with Gasteiger partial charge in [0, 0.05) is 5.69 Å². The number of ether oxygens (including phenoxy) is 2. The third-order valence-electron chi connectivity index (χ3n) is 3.95. The van der Waals surface area contributed by atoms with E-state index in [4.69, 9.17) is 9.47 Å². The molecule has 2 aromatic rings. The Labute approximate surface area is 162 Å². The van der Waals surface area contributed by atoms with Gasteiger partial charge >= 0.3 is 0 Å². The average molecular weight is 370 g/mol. The first kappa shape index (κ1) is 20.6. The predicted octanol–water partition coefficient (Wildman–Crippen LogP) is 4.95. The van der Waals surface area contributed by atoms with Gasteiger partial charge in [0.2, 0.25) is 5.91 Å². The number of carbonyl (C=O) groups is 1. The minimum atomic E-state index is -0.121. The molecule has 1 amide bonds. The fourth-order valence-corrected chi connectivity index (χ4v) is 2.31. The van der Waals surface area contributed by atoms with Crippen molar-refractivity contribution in [1.82, 2.24) is 0 Å². The van der Waals surface area contributed by atoms with E-state index in [1.54, 1.807) is 0 Å². The fourth-order valence-electron chi connectivity index (χ4n) is 2.31. The van der Waals surface area contributed by atoms with Crippen molar-refractivity contribution in [3.8, 4) is 11.5 Å². The van der Waals surface area contributed by atoms with E-state index in [1.165, 1.54) is 0 Å². The number of nitrogens with one attached hydrogen (secondary N) is 2. The lowest BCUT2D eigenvalue weighted by molar-refractivity contribution is -0.114. The van der Waals surface area contributed by atoms with Crippen LogP contribution in [0.2, 0.25) is 0 Å². The molecule has 0 aromatic heterocycles. The lowest BCUT2D eigenvalue weighted by Gasteiger charge is -2.15. The van der Waals surface area contributed by atoms with Crippen LogP contribution in [-0.4, -0.2) is 25.2 Å². The number of amides is 1. The van der Waals surface area contributed by atoms with E-state index < -0.39 is 0 Å². The van der Waals surface area contributed by atoms with Crippen molar-refractivity contribution in [2.45, 2.75) is 40.2 Å². The van der Waals surface area contributed by atoms with E-state index in [0.29, 0.717) is 12.5 Å². The Balaban J connectivity index is 1.86. The van der Waals surface area contributed by atoms with E-state index in [1.807, 2.05) is 55.5 Å². The van der Waals surface area contributed by atoms with E-state index in [-0.39, 0.29) is 18.6 Å². The molecular formula is C22H30N2O3. The highest BCUT2D eigenvalue weighted by molar-refractivity contribution is 5.94. The number of carbonyl (C=O) groups excluding carboxylic acids is 1. The summed E-state index contributed by atoms with van der Waals surface area (Å²) in [6.07, 6.45) is 1.12. The molecule has 146 valence electrons. The van der Waals surface area contributed by atoms with Gasteiger partial charge in [0.1, 0.15) is 11.5 Å². The second kappa shape index (κ2) is 10.5. The summed E-state index contributed by atoms with van der Waals surface area (Å²) in [6, 6.07) is 15.1. The number of rotatable bonds is 10. The first-order valence-electron chi connectivity index (χ1n) is 9.50. The molecule has 0 aliphatic carbocycles. The zero-order valence-corrected chi connectivity index (χ0v) is 16.6. The summed E-state index contributed by atoms with van der Waals surface area (Å²) < 4.78 is 11.5. The van der Waals surface area contributed by atoms with Crippen LogP contribution in [0.15, 0.2) is 48.5 Å². The van der Waals surface area contributed by atoms with Gasteiger partial charge in [0.05, 0.1) is 24.9 Å². The van der Waals surface area contributed by atoms with E-state index in [0.717, 1.165) is 29.3 Å². The molecule has 0 radical (unpaired) electrons. The third-order valence-corrected chi connectivity index (χ3v) is 3.95. The quantitative estimate of drug-likeness (QED) is 0.621. The molecule has 2 N–H and O–H groups in total. The Kier molecular flexibility index (Phi) is 7.99. The highest BCUT2D eigenvalue weighted by Gasteiger charge is 2.07. The summed E-state index contributed by atoms with van der Waals surface area (Å²) in [7, 11) is 0. The monoisotopic (exact) mass is 370 g/mol. The van der Waals surface area contributed by atoms with Gasteiger partial charge in [-0.25, -0.2) is 0 Å². The van der Waals surface area contributed by atoms with Crippen molar-refractivity contribution >= 4 is 17.3 Å². The van der Waals surface area contributed by atoms with Crippen LogP contribution in [0.25, 0.3) is 0 Å². The third kappa shape index (κ3) is 7.21. The second-order valence-electron chi connectivity index (χ2n) is 6.96. The number of hydrogen-bond donors (Lipinski definition) is 2. The van der Waals surface area contributed by atoms with Crippen LogP contribution >= 0.6 is 0 Å². The zero-order valence-electron chi connectivity index (χ0n) is 16.6. The molecule has 2 rings (SSSR count). The summed E-state index contributed by atoms with van der Waals surface area (Å²) in [5.74, 6) is 1.88. The van der Waals surface area contributed by atoms with Crippen LogP contribution < -0.4 is 20.1 Å². The maximum Gasteiger partial charge on any atom is 0.243 e. The Morgan fingerprint density at radius 1 is 1.04 bits per heavy atom. The van der Waals surface area contributed by atoms with Crippen LogP contribution in [0.3, 0.4) is 0 Å². The van der Waals surface area contributed by atoms with E-state index >= 15 is 0 Å². The SMILES string of the molecule is CCC(C)Oc1ccc(NC(=O)CNc2ccccc2OCC(C)C)cc1. The predicted molar refractivity (Wildman–Crippen MR) is 111 cm³/mol. The first-order valence-corrected chi connectivity index (χ1v) is 9.50. The molecule has 0 aliphatic rings. The van der Waals surface area contributed by atoms with Gasteiger partial charge in [-0.15, -0.1) is 0 Å². The molecule has 2 aromatic carbocycles. The molecule has 1 unspecified atom stereocenters. The summed E-state index contributed by atoms with van der Waals surface area (Å²) in [4.78, 5) is 12.2. The van der Waals surface area contributed by atoms with Gasteiger partial charge < -0.3 is 20.1 Å². The molecule has 27 heavy (non-hydrogen) atoms. The first-order chi connectivity index (χ1) is 13.0. The Bertz CT molecular complexity index is 714. The molecule has 0 saturated heterocycles. The minimum Gasteiger partial charge on any atom is -0.491 e. The van der Waals surface area contributed by atoms with Gasteiger partial charge in [-0.3, -0.25) is 4.79 Å². The fraction of sp³-hybridized carbons (Fsp3) is 0.409. The number of para-hydroxylation sites is 2. The minimum absolute atomic E-state index is 0.121. The summed E-state index contributed by atoms with van der Waals surface area (Å²) in [5, 5.41) is 6.02. The second-order valence-corrected chi connectivity index (χ2v) is 6.96.